The van der Waals surface area contributed by atoms with Crippen LogP contribution in [0.15, 0.2) is 38.5 Å². The van der Waals surface area contributed by atoms with Crippen LogP contribution in [0.3, 0.4) is 0 Å². The summed E-state index contributed by atoms with van der Waals surface area (Å²) in [5.74, 6) is -2.85. The minimum Gasteiger partial charge on any atom is -0.506 e. The molecule has 1 aromatic heterocycles. The molecule has 2 aromatic rings. The molecule has 0 radical (unpaired) electrons. The Balaban J connectivity index is 2.37. The number of fused-ring (bicyclic) bond motifs is 1. The van der Waals surface area contributed by atoms with Crippen molar-refractivity contribution < 1.29 is 29.3 Å². The van der Waals surface area contributed by atoms with Gasteiger partial charge in [-0.05, 0) is 18.6 Å². The van der Waals surface area contributed by atoms with Crippen molar-refractivity contribution in [2.45, 2.75) is 18.9 Å². The summed E-state index contributed by atoms with van der Waals surface area (Å²) in [6.45, 7) is 0. The number of rotatable bonds is 6. The molecule has 0 saturated carbocycles. The molecule has 2 rings (SSSR count). The van der Waals surface area contributed by atoms with Crippen LogP contribution in [-0.4, -0.2) is 39.5 Å². The first kappa shape index (κ1) is 16.2. The zero-order chi connectivity index (χ0) is 17.0. The summed E-state index contributed by atoms with van der Waals surface area (Å²) in [5, 5.41) is 28.0. The standard InChI is InChI=1S/C15H13NO7/c17-12(18)6-5-10(14(20)21)16-7-9-13(19)8-3-1-2-4-11(8)23-15(9)22/h1-4,7,10,19H,5-6H2,(H,17,18)(H,20,21)/t10-/m1/s1. The van der Waals surface area contributed by atoms with Crippen LogP contribution < -0.4 is 5.63 Å². The Hall–Kier alpha value is -3.16. The number of nitrogens with zero attached hydrogens (tertiary/aromatic N) is 1. The molecule has 0 aliphatic heterocycles. The fourth-order valence-corrected chi connectivity index (χ4v) is 1.95. The smallest absolute Gasteiger partial charge is 0.348 e. The minimum absolute atomic E-state index is 0.188. The molecule has 0 saturated heterocycles. The van der Waals surface area contributed by atoms with Gasteiger partial charge in [-0.25, -0.2) is 9.59 Å². The van der Waals surface area contributed by atoms with E-state index < -0.39 is 23.6 Å². The van der Waals surface area contributed by atoms with E-state index in [0.717, 1.165) is 6.21 Å². The van der Waals surface area contributed by atoms with Gasteiger partial charge in [-0.15, -0.1) is 0 Å². The molecular weight excluding hydrogens is 306 g/mol. The van der Waals surface area contributed by atoms with Crippen LogP contribution in [0.1, 0.15) is 18.4 Å². The summed E-state index contributed by atoms with van der Waals surface area (Å²) >= 11 is 0. The third kappa shape index (κ3) is 3.73. The van der Waals surface area contributed by atoms with E-state index in [1.807, 2.05) is 0 Å². The summed E-state index contributed by atoms with van der Waals surface area (Å²) < 4.78 is 5.02. The van der Waals surface area contributed by atoms with Gasteiger partial charge in [0.1, 0.15) is 22.9 Å². The second-order valence-electron chi connectivity index (χ2n) is 4.71. The van der Waals surface area contributed by atoms with Crippen molar-refractivity contribution in [3.05, 3.63) is 40.2 Å². The number of carbonyl (C=O) groups is 2. The molecule has 8 nitrogen and oxygen atoms in total. The van der Waals surface area contributed by atoms with Gasteiger partial charge in [0.15, 0.2) is 0 Å². The predicted octanol–water partition coefficient (Wildman–Crippen LogP) is 1.24. The Morgan fingerprint density at radius 2 is 1.96 bits per heavy atom. The van der Waals surface area contributed by atoms with Gasteiger partial charge >= 0.3 is 17.6 Å². The third-order valence-electron chi connectivity index (χ3n) is 3.12. The van der Waals surface area contributed by atoms with Crippen molar-refractivity contribution in [1.29, 1.82) is 0 Å². The fourth-order valence-electron chi connectivity index (χ4n) is 1.95. The second kappa shape index (κ2) is 6.73. The molecule has 8 heteroatoms. The zero-order valence-electron chi connectivity index (χ0n) is 11.8. The lowest BCUT2D eigenvalue weighted by atomic mass is 10.1. The highest BCUT2D eigenvalue weighted by Gasteiger charge is 2.18. The molecule has 23 heavy (non-hydrogen) atoms. The molecule has 0 spiro atoms. The molecular formula is C15H13NO7. The Bertz CT molecular complexity index is 837. The molecule has 0 unspecified atom stereocenters. The molecule has 120 valence electrons. The van der Waals surface area contributed by atoms with Crippen LogP contribution in [0.25, 0.3) is 11.0 Å². The Morgan fingerprint density at radius 1 is 1.26 bits per heavy atom. The van der Waals surface area contributed by atoms with Gasteiger partial charge in [-0.2, -0.15) is 0 Å². The zero-order valence-corrected chi connectivity index (χ0v) is 11.8. The molecule has 1 atom stereocenters. The third-order valence-corrected chi connectivity index (χ3v) is 3.12. The van der Waals surface area contributed by atoms with Crippen LogP contribution in [0.2, 0.25) is 0 Å². The lowest BCUT2D eigenvalue weighted by Crippen LogP contribution is -2.20. The number of aliphatic imine (C=N–C) groups is 1. The molecule has 0 aliphatic rings. The maximum Gasteiger partial charge on any atom is 0.348 e. The van der Waals surface area contributed by atoms with Crippen molar-refractivity contribution in [2.24, 2.45) is 4.99 Å². The van der Waals surface area contributed by atoms with E-state index in [4.69, 9.17) is 14.6 Å². The highest BCUT2D eigenvalue weighted by atomic mass is 16.4. The number of carboxylic acid groups (broad SMARTS) is 2. The van der Waals surface area contributed by atoms with Gasteiger partial charge in [0.2, 0.25) is 0 Å². The van der Waals surface area contributed by atoms with Crippen LogP contribution in [-0.2, 0) is 9.59 Å². The van der Waals surface area contributed by atoms with E-state index in [0.29, 0.717) is 0 Å². The lowest BCUT2D eigenvalue weighted by molar-refractivity contribution is -0.139. The summed E-state index contributed by atoms with van der Waals surface area (Å²) in [4.78, 5) is 37.1. The van der Waals surface area contributed by atoms with Crippen LogP contribution in [0.5, 0.6) is 5.75 Å². The highest BCUT2D eigenvalue weighted by Crippen LogP contribution is 2.24. The van der Waals surface area contributed by atoms with E-state index in [1.165, 1.54) is 12.1 Å². The van der Waals surface area contributed by atoms with Gasteiger partial charge in [-0.3, -0.25) is 9.79 Å². The van der Waals surface area contributed by atoms with Crippen molar-refractivity contribution >= 4 is 29.1 Å². The molecule has 1 heterocycles. The highest BCUT2D eigenvalue weighted by molar-refractivity contribution is 5.94. The first-order valence-corrected chi connectivity index (χ1v) is 6.62. The average Bonchev–Trinajstić information content (AvgIpc) is 2.49. The topological polar surface area (TPSA) is 137 Å². The molecule has 0 bridgehead atoms. The number of benzene rings is 1. The van der Waals surface area contributed by atoms with E-state index in [2.05, 4.69) is 4.99 Å². The maximum absolute atomic E-state index is 11.8. The number of carboxylic acids is 2. The van der Waals surface area contributed by atoms with Gasteiger partial charge in [-0.1, -0.05) is 12.1 Å². The van der Waals surface area contributed by atoms with E-state index in [1.54, 1.807) is 12.1 Å². The number of hydrogen-bond donors (Lipinski definition) is 3. The first-order valence-electron chi connectivity index (χ1n) is 6.62. The summed E-state index contributed by atoms with van der Waals surface area (Å²) in [7, 11) is 0. The van der Waals surface area contributed by atoms with Crippen molar-refractivity contribution in [1.82, 2.24) is 0 Å². The normalized spacial score (nSPS) is 12.5. The van der Waals surface area contributed by atoms with Crippen molar-refractivity contribution in [3.63, 3.8) is 0 Å². The van der Waals surface area contributed by atoms with Gasteiger partial charge in [0.05, 0.1) is 5.39 Å². The quantitative estimate of drug-likeness (QED) is 0.538. The second-order valence-corrected chi connectivity index (χ2v) is 4.71. The number of aromatic hydroxyl groups is 1. The fraction of sp³-hybridized carbons (Fsp3) is 0.200. The van der Waals surface area contributed by atoms with Crippen LogP contribution in [0, 0.1) is 0 Å². The van der Waals surface area contributed by atoms with Gasteiger partial charge in [0, 0.05) is 12.6 Å². The lowest BCUT2D eigenvalue weighted by Gasteiger charge is -2.06. The van der Waals surface area contributed by atoms with E-state index in [9.17, 15) is 19.5 Å². The predicted molar refractivity (Wildman–Crippen MR) is 80.0 cm³/mol. The average molecular weight is 319 g/mol. The van der Waals surface area contributed by atoms with Crippen molar-refractivity contribution in [3.8, 4) is 5.75 Å². The monoisotopic (exact) mass is 319 g/mol. The molecule has 0 aliphatic carbocycles. The summed E-state index contributed by atoms with van der Waals surface area (Å²) in [6, 6.07) is 4.96. The van der Waals surface area contributed by atoms with Crippen LogP contribution >= 0.6 is 0 Å². The Morgan fingerprint density at radius 3 is 2.61 bits per heavy atom. The largest absolute Gasteiger partial charge is 0.506 e. The maximum atomic E-state index is 11.8. The molecule has 1 aromatic carbocycles. The molecule has 0 fully saturated rings. The SMILES string of the molecule is O=C(O)CC[C@@H](N=Cc1c(O)c2ccccc2oc1=O)C(=O)O. The first-order chi connectivity index (χ1) is 10.9. The number of hydrogen-bond acceptors (Lipinski definition) is 6. The van der Waals surface area contributed by atoms with E-state index >= 15 is 0 Å². The minimum atomic E-state index is -1.34. The molecule has 3 N–H and O–H groups in total. The summed E-state index contributed by atoms with van der Waals surface area (Å²) in [6.07, 6.45) is 0.279. The number of para-hydroxylation sites is 1. The molecule has 0 amide bonds. The Kier molecular flexibility index (Phi) is 4.75. The number of aliphatic carboxylic acids is 2. The van der Waals surface area contributed by atoms with Crippen molar-refractivity contribution in [2.75, 3.05) is 0 Å². The van der Waals surface area contributed by atoms with Gasteiger partial charge < -0.3 is 19.7 Å². The van der Waals surface area contributed by atoms with Crippen LogP contribution in [0.4, 0.5) is 0 Å². The summed E-state index contributed by atoms with van der Waals surface area (Å²) in [5.41, 5.74) is -0.967. The van der Waals surface area contributed by atoms with E-state index in [-0.39, 0.29) is 35.1 Å². The Labute approximate surface area is 129 Å². The van der Waals surface area contributed by atoms with Gasteiger partial charge in [0.25, 0.3) is 0 Å².